The van der Waals surface area contributed by atoms with Crippen LogP contribution >= 0.6 is 0 Å². The summed E-state index contributed by atoms with van der Waals surface area (Å²) in [6.45, 7) is 0. The molecule has 0 N–H and O–H groups in total. The van der Waals surface area contributed by atoms with Gasteiger partial charge in [-0.05, 0) is 63.2 Å². The SMILES string of the molecule is C1CC2CCC12.C1CC2CCC1O2. The molecule has 2 aliphatic carbocycles. The van der Waals surface area contributed by atoms with Crippen LogP contribution in [0.3, 0.4) is 0 Å². The zero-order valence-electron chi connectivity index (χ0n) is 8.37. The maximum Gasteiger partial charge on any atom is 0.0580 e. The number of rotatable bonds is 0. The van der Waals surface area contributed by atoms with Gasteiger partial charge >= 0.3 is 0 Å². The van der Waals surface area contributed by atoms with E-state index in [1.165, 1.54) is 37.5 Å². The van der Waals surface area contributed by atoms with E-state index in [-0.39, 0.29) is 0 Å². The van der Waals surface area contributed by atoms with Gasteiger partial charge in [-0.2, -0.15) is 0 Å². The molecule has 0 aromatic heterocycles. The van der Waals surface area contributed by atoms with E-state index in [0.717, 1.165) is 0 Å². The molecule has 0 radical (unpaired) electrons. The molecule has 0 aromatic rings. The summed E-state index contributed by atoms with van der Waals surface area (Å²) in [5.41, 5.74) is 0. The highest BCUT2D eigenvalue weighted by Crippen LogP contribution is 2.49. The zero-order valence-corrected chi connectivity index (χ0v) is 8.37. The molecule has 0 atom stereocenters. The third-order valence-corrected chi connectivity index (χ3v) is 4.49. The predicted octanol–water partition coefficient (Wildman–Crippen LogP) is 3.13. The molecule has 1 nitrogen and oxygen atoms in total. The molecule has 0 aromatic carbocycles. The highest BCUT2D eigenvalue weighted by Gasteiger charge is 2.37. The molecular formula is C12H20O. The zero-order chi connectivity index (χ0) is 8.67. The highest BCUT2D eigenvalue weighted by atomic mass is 16.5. The van der Waals surface area contributed by atoms with Gasteiger partial charge in [0.2, 0.25) is 0 Å². The fourth-order valence-corrected chi connectivity index (χ4v) is 3.14. The Morgan fingerprint density at radius 2 is 0.923 bits per heavy atom. The lowest BCUT2D eigenvalue weighted by molar-refractivity contribution is 0.0548. The molecule has 2 aliphatic heterocycles. The molecule has 2 saturated heterocycles. The standard InChI is InChI=1S/C6H10O.C6H10/c1-2-6-4-3-5(1)7-6;1-2-6-4-3-5(1)6/h5-6H,1-4H2;5-6H,1-4H2. The van der Waals surface area contributed by atoms with E-state index in [1.54, 1.807) is 25.7 Å². The van der Waals surface area contributed by atoms with Gasteiger partial charge in [-0.25, -0.2) is 0 Å². The third-order valence-electron chi connectivity index (χ3n) is 4.49. The van der Waals surface area contributed by atoms with Crippen molar-refractivity contribution in [2.24, 2.45) is 11.8 Å². The fraction of sp³-hybridized carbons (Fsp3) is 1.00. The molecule has 1 heteroatoms. The van der Waals surface area contributed by atoms with Gasteiger partial charge in [0.1, 0.15) is 0 Å². The van der Waals surface area contributed by atoms with E-state index in [2.05, 4.69) is 0 Å². The second-order valence-electron chi connectivity index (χ2n) is 5.21. The topological polar surface area (TPSA) is 9.23 Å². The summed E-state index contributed by atoms with van der Waals surface area (Å²) in [6, 6.07) is 0. The van der Waals surface area contributed by atoms with Crippen LogP contribution in [0.25, 0.3) is 0 Å². The second kappa shape index (κ2) is 3.27. The van der Waals surface area contributed by atoms with E-state index < -0.39 is 0 Å². The van der Waals surface area contributed by atoms with Crippen molar-refractivity contribution in [2.75, 3.05) is 0 Å². The van der Waals surface area contributed by atoms with Gasteiger partial charge in [0.15, 0.2) is 0 Å². The van der Waals surface area contributed by atoms with Crippen molar-refractivity contribution in [3.8, 4) is 0 Å². The summed E-state index contributed by atoms with van der Waals surface area (Å²) >= 11 is 0. The summed E-state index contributed by atoms with van der Waals surface area (Å²) in [7, 11) is 0. The lowest BCUT2D eigenvalue weighted by Gasteiger charge is -2.46. The first kappa shape index (κ1) is 8.28. The Labute approximate surface area is 80.8 Å². The minimum Gasteiger partial charge on any atom is -0.375 e. The highest BCUT2D eigenvalue weighted by molar-refractivity contribution is 4.89. The molecule has 13 heavy (non-hydrogen) atoms. The number of ether oxygens (including phenoxy) is 1. The first-order valence-corrected chi connectivity index (χ1v) is 6.07. The molecule has 4 rings (SSSR count). The summed E-state index contributed by atoms with van der Waals surface area (Å²) in [6.07, 6.45) is 12.9. The molecule has 2 bridgehead atoms. The van der Waals surface area contributed by atoms with E-state index in [1.807, 2.05) is 0 Å². The van der Waals surface area contributed by atoms with E-state index in [0.29, 0.717) is 12.2 Å². The van der Waals surface area contributed by atoms with E-state index >= 15 is 0 Å². The van der Waals surface area contributed by atoms with Crippen LogP contribution in [0.1, 0.15) is 51.4 Å². The lowest BCUT2D eigenvalue weighted by Crippen LogP contribution is -2.34. The predicted molar refractivity (Wildman–Crippen MR) is 52.6 cm³/mol. The molecule has 2 saturated carbocycles. The molecule has 0 unspecified atom stereocenters. The van der Waals surface area contributed by atoms with Crippen LogP contribution in [0.4, 0.5) is 0 Å². The van der Waals surface area contributed by atoms with Gasteiger partial charge in [0, 0.05) is 0 Å². The maximum absolute atomic E-state index is 5.47. The number of hydrogen-bond acceptors (Lipinski definition) is 1. The van der Waals surface area contributed by atoms with Crippen molar-refractivity contribution in [3.05, 3.63) is 0 Å². The normalized spacial score (nSPS) is 49.8. The Balaban J connectivity index is 0.0000000875. The largest absolute Gasteiger partial charge is 0.375 e. The number of hydrogen-bond donors (Lipinski definition) is 0. The van der Waals surface area contributed by atoms with Crippen LogP contribution in [0.2, 0.25) is 0 Å². The van der Waals surface area contributed by atoms with Crippen LogP contribution in [0.15, 0.2) is 0 Å². The van der Waals surface area contributed by atoms with Crippen molar-refractivity contribution in [2.45, 2.75) is 63.6 Å². The Hall–Kier alpha value is -0.0400. The maximum atomic E-state index is 5.47. The van der Waals surface area contributed by atoms with Crippen molar-refractivity contribution in [1.29, 1.82) is 0 Å². The Bertz CT molecular complexity index is 154. The Morgan fingerprint density at radius 3 is 1.00 bits per heavy atom. The number of fused-ring (bicyclic) bond motifs is 3. The summed E-state index contributed by atoms with van der Waals surface area (Å²) < 4.78 is 5.47. The fourth-order valence-electron chi connectivity index (χ4n) is 3.14. The Kier molecular flexibility index (Phi) is 2.08. The lowest BCUT2D eigenvalue weighted by atomic mass is 9.60. The van der Waals surface area contributed by atoms with Gasteiger partial charge < -0.3 is 4.74 Å². The van der Waals surface area contributed by atoms with E-state index in [4.69, 9.17) is 4.74 Å². The first-order chi connectivity index (χ1) is 6.42. The molecule has 2 heterocycles. The smallest absolute Gasteiger partial charge is 0.0580 e. The van der Waals surface area contributed by atoms with Crippen LogP contribution in [-0.4, -0.2) is 12.2 Å². The molecule has 74 valence electrons. The van der Waals surface area contributed by atoms with Crippen molar-refractivity contribution in [1.82, 2.24) is 0 Å². The van der Waals surface area contributed by atoms with E-state index in [9.17, 15) is 0 Å². The monoisotopic (exact) mass is 180 g/mol. The van der Waals surface area contributed by atoms with Crippen LogP contribution in [0.5, 0.6) is 0 Å². The van der Waals surface area contributed by atoms with Crippen LogP contribution in [0, 0.1) is 11.8 Å². The van der Waals surface area contributed by atoms with Gasteiger partial charge in [-0.15, -0.1) is 0 Å². The average molecular weight is 180 g/mol. The summed E-state index contributed by atoms with van der Waals surface area (Å²) in [5.74, 6) is 2.43. The van der Waals surface area contributed by atoms with Gasteiger partial charge in [0.25, 0.3) is 0 Å². The summed E-state index contributed by atoms with van der Waals surface area (Å²) in [4.78, 5) is 0. The quantitative estimate of drug-likeness (QED) is 0.556. The molecule has 0 spiro atoms. The third kappa shape index (κ3) is 1.52. The average Bonchev–Trinajstić information content (AvgIpc) is 2.75. The van der Waals surface area contributed by atoms with Crippen molar-refractivity contribution >= 4 is 0 Å². The van der Waals surface area contributed by atoms with Gasteiger partial charge in [-0.3, -0.25) is 0 Å². The van der Waals surface area contributed by atoms with Gasteiger partial charge in [0.05, 0.1) is 12.2 Å². The molecular weight excluding hydrogens is 160 g/mol. The van der Waals surface area contributed by atoms with Crippen molar-refractivity contribution < 1.29 is 4.74 Å². The second-order valence-corrected chi connectivity index (χ2v) is 5.21. The molecule has 4 aliphatic rings. The van der Waals surface area contributed by atoms with Crippen LogP contribution < -0.4 is 0 Å². The van der Waals surface area contributed by atoms with Crippen molar-refractivity contribution in [3.63, 3.8) is 0 Å². The van der Waals surface area contributed by atoms with Crippen LogP contribution in [-0.2, 0) is 4.74 Å². The Morgan fingerprint density at radius 1 is 0.538 bits per heavy atom. The minimum absolute atomic E-state index is 0.671. The molecule has 0 amide bonds. The van der Waals surface area contributed by atoms with Gasteiger partial charge in [-0.1, -0.05) is 0 Å². The molecule has 4 fully saturated rings. The summed E-state index contributed by atoms with van der Waals surface area (Å²) in [5, 5.41) is 0. The minimum atomic E-state index is 0.671. The first-order valence-electron chi connectivity index (χ1n) is 6.07.